The van der Waals surface area contributed by atoms with E-state index < -0.39 is 0 Å². The molecule has 0 unspecified atom stereocenters. The van der Waals surface area contributed by atoms with E-state index in [0.717, 1.165) is 11.1 Å². The number of imidazole rings is 1. The molecule has 1 aromatic heterocycles. The van der Waals surface area contributed by atoms with Gasteiger partial charge in [-0.25, -0.2) is 4.98 Å². The number of ketones is 1. The lowest BCUT2D eigenvalue weighted by Gasteiger charge is -2.09. The van der Waals surface area contributed by atoms with Gasteiger partial charge < -0.3 is 9.72 Å². The SMILES string of the molecule is COc1cc(C)c(Cl)cc1-c1cnc(C(C)=O)[nH]1. The van der Waals surface area contributed by atoms with Gasteiger partial charge in [0.05, 0.1) is 19.0 Å². The lowest BCUT2D eigenvalue weighted by molar-refractivity contribution is 0.100. The largest absolute Gasteiger partial charge is 0.496 e. The smallest absolute Gasteiger partial charge is 0.194 e. The summed E-state index contributed by atoms with van der Waals surface area (Å²) in [5.41, 5.74) is 2.43. The van der Waals surface area contributed by atoms with Crippen molar-refractivity contribution in [1.82, 2.24) is 9.97 Å². The van der Waals surface area contributed by atoms with Gasteiger partial charge in [0.25, 0.3) is 0 Å². The number of methoxy groups -OCH3 is 1. The van der Waals surface area contributed by atoms with Gasteiger partial charge in [0.1, 0.15) is 5.75 Å². The Balaban J connectivity index is 2.55. The Kier molecular flexibility index (Phi) is 3.39. The van der Waals surface area contributed by atoms with Crippen molar-refractivity contribution in [3.05, 3.63) is 34.7 Å². The van der Waals surface area contributed by atoms with Gasteiger partial charge in [0.15, 0.2) is 11.6 Å². The minimum atomic E-state index is -0.113. The van der Waals surface area contributed by atoms with Crippen molar-refractivity contribution in [3.8, 4) is 17.0 Å². The molecule has 94 valence electrons. The molecule has 0 spiro atoms. The average molecular weight is 265 g/mol. The van der Waals surface area contributed by atoms with E-state index in [1.165, 1.54) is 6.92 Å². The van der Waals surface area contributed by atoms with Crippen LogP contribution in [0, 0.1) is 6.92 Å². The second-order valence-electron chi connectivity index (χ2n) is 4.00. The second-order valence-corrected chi connectivity index (χ2v) is 4.41. The molecule has 0 bridgehead atoms. The molecule has 0 amide bonds. The number of nitrogens with one attached hydrogen (secondary N) is 1. The molecule has 0 aliphatic heterocycles. The highest BCUT2D eigenvalue weighted by Crippen LogP contribution is 2.33. The van der Waals surface area contributed by atoms with E-state index in [1.54, 1.807) is 19.4 Å². The molecule has 0 aliphatic rings. The molecule has 0 radical (unpaired) electrons. The number of benzene rings is 1. The van der Waals surface area contributed by atoms with Crippen LogP contribution in [-0.2, 0) is 0 Å². The lowest BCUT2D eigenvalue weighted by Crippen LogP contribution is -1.95. The first-order valence-corrected chi connectivity index (χ1v) is 5.81. The minimum absolute atomic E-state index is 0.113. The monoisotopic (exact) mass is 264 g/mol. The number of aromatic amines is 1. The number of nitrogens with zero attached hydrogens (tertiary/aromatic N) is 1. The van der Waals surface area contributed by atoms with Crippen molar-refractivity contribution in [3.63, 3.8) is 0 Å². The first kappa shape index (κ1) is 12.6. The molecule has 2 rings (SSSR count). The number of H-pyrrole nitrogens is 1. The number of hydrogen-bond acceptors (Lipinski definition) is 3. The fraction of sp³-hybridized carbons (Fsp3) is 0.231. The Bertz CT molecular complexity index is 605. The molecule has 5 heteroatoms. The Morgan fingerprint density at radius 1 is 1.44 bits per heavy atom. The average Bonchev–Trinajstić information content (AvgIpc) is 2.81. The van der Waals surface area contributed by atoms with Crippen LogP contribution in [0.5, 0.6) is 5.75 Å². The Hall–Kier alpha value is -1.81. The summed E-state index contributed by atoms with van der Waals surface area (Å²) in [4.78, 5) is 18.2. The van der Waals surface area contributed by atoms with Crippen molar-refractivity contribution < 1.29 is 9.53 Å². The minimum Gasteiger partial charge on any atom is -0.496 e. The van der Waals surface area contributed by atoms with Gasteiger partial charge in [-0.05, 0) is 24.6 Å². The van der Waals surface area contributed by atoms with Crippen molar-refractivity contribution in [2.45, 2.75) is 13.8 Å². The van der Waals surface area contributed by atoms with E-state index in [1.807, 2.05) is 13.0 Å². The molecule has 18 heavy (non-hydrogen) atoms. The van der Waals surface area contributed by atoms with Crippen LogP contribution >= 0.6 is 11.6 Å². The van der Waals surface area contributed by atoms with Crippen molar-refractivity contribution in [2.75, 3.05) is 7.11 Å². The van der Waals surface area contributed by atoms with E-state index in [4.69, 9.17) is 16.3 Å². The summed E-state index contributed by atoms with van der Waals surface area (Å²) in [6.45, 7) is 3.37. The van der Waals surface area contributed by atoms with E-state index in [0.29, 0.717) is 22.3 Å². The van der Waals surface area contributed by atoms with Crippen molar-refractivity contribution >= 4 is 17.4 Å². The number of carbonyl (C=O) groups is 1. The van der Waals surface area contributed by atoms with Crippen LogP contribution < -0.4 is 4.74 Å². The Morgan fingerprint density at radius 3 is 2.72 bits per heavy atom. The summed E-state index contributed by atoms with van der Waals surface area (Å²) < 4.78 is 5.31. The molecule has 4 nitrogen and oxygen atoms in total. The number of aromatic nitrogens is 2. The first-order chi connectivity index (χ1) is 8.52. The summed E-state index contributed by atoms with van der Waals surface area (Å²) >= 11 is 6.11. The molecule has 1 aromatic carbocycles. The molecule has 2 aromatic rings. The topological polar surface area (TPSA) is 55.0 Å². The van der Waals surface area contributed by atoms with Crippen LogP contribution in [0.15, 0.2) is 18.3 Å². The van der Waals surface area contributed by atoms with Gasteiger partial charge in [-0.1, -0.05) is 11.6 Å². The highest BCUT2D eigenvalue weighted by molar-refractivity contribution is 6.31. The Morgan fingerprint density at radius 2 is 2.17 bits per heavy atom. The maximum Gasteiger partial charge on any atom is 0.194 e. The van der Waals surface area contributed by atoms with E-state index in [-0.39, 0.29) is 5.78 Å². The highest BCUT2D eigenvalue weighted by atomic mass is 35.5. The zero-order chi connectivity index (χ0) is 13.3. The zero-order valence-electron chi connectivity index (χ0n) is 10.4. The summed E-state index contributed by atoms with van der Waals surface area (Å²) in [6, 6.07) is 3.65. The molecule has 0 saturated heterocycles. The third-order valence-electron chi connectivity index (χ3n) is 2.68. The summed E-state index contributed by atoms with van der Waals surface area (Å²) in [5, 5.41) is 0.643. The number of ether oxygens (including phenoxy) is 1. The molecule has 0 saturated carbocycles. The van der Waals surface area contributed by atoms with Gasteiger partial charge in [-0.3, -0.25) is 4.79 Å². The summed E-state index contributed by atoms with van der Waals surface area (Å²) in [5.74, 6) is 0.901. The molecule has 0 aliphatic carbocycles. The van der Waals surface area contributed by atoms with Crippen molar-refractivity contribution in [1.29, 1.82) is 0 Å². The lowest BCUT2D eigenvalue weighted by atomic mass is 10.1. The van der Waals surface area contributed by atoms with Gasteiger partial charge in [0.2, 0.25) is 0 Å². The second kappa shape index (κ2) is 4.82. The molecule has 1 heterocycles. The number of hydrogen-bond donors (Lipinski definition) is 1. The number of carbonyl (C=O) groups excluding carboxylic acids is 1. The highest BCUT2D eigenvalue weighted by Gasteiger charge is 2.13. The number of aryl methyl sites for hydroxylation is 1. The summed E-state index contributed by atoms with van der Waals surface area (Å²) in [6.07, 6.45) is 1.60. The molecule has 0 atom stereocenters. The molecule has 1 N–H and O–H groups in total. The fourth-order valence-corrected chi connectivity index (χ4v) is 1.84. The normalized spacial score (nSPS) is 10.4. The molecular formula is C13H13ClN2O2. The van der Waals surface area contributed by atoms with Crippen LogP contribution in [0.3, 0.4) is 0 Å². The van der Waals surface area contributed by atoms with Crippen LogP contribution in [0.4, 0.5) is 0 Å². The molecule has 0 fully saturated rings. The van der Waals surface area contributed by atoms with Crippen molar-refractivity contribution in [2.24, 2.45) is 0 Å². The zero-order valence-corrected chi connectivity index (χ0v) is 11.1. The van der Waals surface area contributed by atoms with Gasteiger partial charge in [0, 0.05) is 17.5 Å². The van der Waals surface area contributed by atoms with E-state index in [9.17, 15) is 4.79 Å². The molecular weight excluding hydrogens is 252 g/mol. The standard InChI is InChI=1S/C13H13ClN2O2/c1-7-4-12(18-3)9(5-10(7)14)11-6-15-13(16-11)8(2)17/h4-6H,1-3H3,(H,15,16). The summed E-state index contributed by atoms with van der Waals surface area (Å²) in [7, 11) is 1.59. The van der Waals surface area contributed by atoms with E-state index in [2.05, 4.69) is 9.97 Å². The van der Waals surface area contributed by atoms with Crippen LogP contribution in [0.2, 0.25) is 5.02 Å². The van der Waals surface area contributed by atoms with Crippen LogP contribution in [-0.4, -0.2) is 22.9 Å². The number of Topliss-reactive ketones (excluding diaryl/α,β-unsaturated/α-hetero) is 1. The van der Waals surface area contributed by atoms with Gasteiger partial charge in [-0.15, -0.1) is 0 Å². The van der Waals surface area contributed by atoms with Crippen LogP contribution in [0.1, 0.15) is 23.1 Å². The number of halogens is 1. The van der Waals surface area contributed by atoms with Crippen LogP contribution in [0.25, 0.3) is 11.3 Å². The quantitative estimate of drug-likeness (QED) is 0.866. The predicted molar refractivity (Wildman–Crippen MR) is 70.3 cm³/mol. The number of rotatable bonds is 3. The van der Waals surface area contributed by atoms with E-state index >= 15 is 0 Å². The first-order valence-electron chi connectivity index (χ1n) is 5.43. The van der Waals surface area contributed by atoms with Gasteiger partial charge >= 0.3 is 0 Å². The third-order valence-corrected chi connectivity index (χ3v) is 3.09. The maximum absolute atomic E-state index is 11.2. The fourth-order valence-electron chi connectivity index (χ4n) is 1.67. The predicted octanol–water partition coefficient (Wildman–Crippen LogP) is 3.25. The maximum atomic E-state index is 11.2. The van der Waals surface area contributed by atoms with Gasteiger partial charge in [-0.2, -0.15) is 0 Å². The Labute approximate surface area is 110 Å². The third kappa shape index (κ3) is 2.24.